The van der Waals surface area contributed by atoms with E-state index in [2.05, 4.69) is 0 Å². The van der Waals surface area contributed by atoms with Gasteiger partial charge in [0, 0.05) is 18.8 Å². The Bertz CT molecular complexity index is 280. The monoisotopic (exact) mass is 180 g/mol. The van der Waals surface area contributed by atoms with Gasteiger partial charge < -0.3 is 4.74 Å². The fourth-order valence-corrected chi connectivity index (χ4v) is 2.26. The highest BCUT2D eigenvalue weighted by atomic mass is 16.5. The van der Waals surface area contributed by atoms with Gasteiger partial charge in [0.05, 0.1) is 0 Å². The summed E-state index contributed by atoms with van der Waals surface area (Å²) in [7, 11) is 0. The third kappa shape index (κ3) is 1.39. The van der Waals surface area contributed by atoms with Crippen molar-refractivity contribution in [1.29, 1.82) is 0 Å². The number of hydrogen-bond acceptors (Lipinski definition) is 3. The molecule has 3 unspecified atom stereocenters. The predicted octanol–water partition coefficient (Wildman–Crippen LogP) is 1.08. The Labute approximate surface area is 76.8 Å². The summed E-state index contributed by atoms with van der Waals surface area (Å²) in [6.07, 6.45) is 5.11. The van der Waals surface area contributed by atoms with Gasteiger partial charge in [0.1, 0.15) is 6.10 Å². The van der Waals surface area contributed by atoms with E-state index in [9.17, 15) is 9.59 Å². The minimum Gasteiger partial charge on any atom is -0.462 e. The quantitative estimate of drug-likeness (QED) is 0.567. The van der Waals surface area contributed by atoms with Gasteiger partial charge in [-0.05, 0) is 18.9 Å². The molecule has 0 amide bonds. The molecule has 13 heavy (non-hydrogen) atoms. The second-order valence-electron chi connectivity index (χ2n) is 3.67. The summed E-state index contributed by atoms with van der Waals surface area (Å²) in [5, 5.41) is 0. The maximum atomic E-state index is 11.3. The van der Waals surface area contributed by atoms with E-state index in [-0.39, 0.29) is 29.7 Å². The summed E-state index contributed by atoms with van der Waals surface area (Å²) >= 11 is 0. The minimum absolute atomic E-state index is 0.0646. The normalized spacial score (nSPS) is 36.4. The van der Waals surface area contributed by atoms with Crippen LogP contribution in [0.2, 0.25) is 0 Å². The molecule has 3 heteroatoms. The van der Waals surface area contributed by atoms with E-state index in [4.69, 9.17) is 4.74 Å². The van der Waals surface area contributed by atoms with Gasteiger partial charge in [-0.2, -0.15) is 0 Å². The van der Waals surface area contributed by atoms with Crippen LogP contribution in [0.1, 0.15) is 19.8 Å². The first-order valence-corrected chi connectivity index (χ1v) is 4.58. The number of fused-ring (bicyclic) bond motifs is 1. The molecule has 70 valence electrons. The van der Waals surface area contributed by atoms with E-state index in [1.54, 1.807) is 6.08 Å². The molecule has 0 bridgehead atoms. The molecule has 1 fully saturated rings. The van der Waals surface area contributed by atoms with Gasteiger partial charge in [-0.25, -0.2) is 0 Å². The third-order valence-corrected chi connectivity index (χ3v) is 2.82. The maximum absolute atomic E-state index is 11.3. The van der Waals surface area contributed by atoms with Crippen LogP contribution in [0.25, 0.3) is 0 Å². The topological polar surface area (TPSA) is 43.4 Å². The van der Waals surface area contributed by atoms with Crippen molar-refractivity contribution in [2.24, 2.45) is 11.8 Å². The fourth-order valence-electron chi connectivity index (χ4n) is 2.26. The van der Waals surface area contributed by atoms with Gasteiger partial charge in [0.15, 0.2) is 5.78 Å². The molecule has 0 radical (unpaired) electrons. The van der Waals surface area contributed by atoms with Crippen LogP contribution >= 0.6 is 0 Å². The second-order valence-corrected chi connectivity index (χ2v) is 3.67. The van der Waals surface area contributed by atoms with Crippen molar-refractivity contribution >= 4 is 11.8 Å². The molecule has 0 saturated heterocycles. The van der Waals surface area contributed by atoms with E-state index in [0.717, 1.165) is 12.8 Å². The van der Waals surface area contributed by atoms with Crippen molar-refractivity contribution in [3.05, 3.63) is 12.2 Å². The van der Waals surface area contributed by atoms with Crippen molar-refractivity contribution in [1.82, 2.24) is 0 Å². The Kier molecular flexibility index (Phi) is 1.94. The minimum atomic E-state index is -0.251. The Morgan fingerprint density at radius 1 is 1.54 bits per heavy atom. The number of ether oxygens (including phenoxy) is 1. The Morgan fingerprint density at radius 2 is 2.31 bits per heavy atom. The first kappa shape index (κ1) is 8.48. The number of rotatable bonds is 1. The molecule has 3 atom stereocenters. The van der Waals surface area contributed by atoms with E-state index in [1.165, 1.54) is 6.92 Å². The summed E-state index contributed by atoms with van der Waals surface area (Å²) in [4.78, 5) is 22.0. The first-order chi connectivity index (χ1) is 6.18. The van der Waals surface area contributed by atoms with E-state index in [0.29, 0.717) is 0 Å². The van der Waals surface area contributed by atoms with Gasteiger partial charge in [-0.3, -0.25) is 9.59 Å². The SMILES string of the molecule is CC(=O)OC1CCC2C(=O)C=CC12. The van der Waals surface area contributed by atoms with Crippen LogP contribution < -0.4 is 0 Å². The molecule has 3 nitrogen and oxygen atoms in total. The average Bonchev–Trinajstić information content (AvgIpc) is 2.56. The van der Waals surface area contributed by atoms with Gasteiger partial charge in [-0.1, -0.05) is 6.08 Å². The van der Waals surface area contributed by atoms with Gasteiger partial charge in [-0.15, -0.1) is 0 Å². The zero-order valence-electron chi connectivity index (χ0n) is 7.53. The summed E-state index contributed by atoms with van der Waals surface area (Å²) in [5.74, 6) is 0.179. The predicted molar refractivity (Wildman–Crippen MR) is 45.9 cm³/mol. The standard InChI is InChI=1S/C10H12O3/c1-6(11)13-10-5-3-7-8(10)2-4-9(7)12/h2,4,7-8,10H,3,5H2,1H3. The van der Waals surface area contributed by atoms with Gasteiger partial charge in [0.2, 0.25) is 0 Å². The third-order valence-electron chi connectivity index (χ3n) is 2.82. The molecule has 2 aliphatic carbocycles. The van der Waals surface area contributed by atoms with Crippen LogP contribution in [0, 0.1) is 11.8 Å². The van der Waals surface area contributed by atoms with Crippen LogP contribution in [-0.4, -0.2) is 17.9 Å². The number of allylic oxidation sites excluding steroid dienone is 1. The number of carbonyl (C=O) groups excluding carboxylic acids is 2. The van der Waals surface area contributed by atoms with Crippen molar-refractivity contribution in [2.75, 3.05) is 0 Å². The van der Waals surface area contributed by atoms with Crippen molar-refractivity contribution in [3.8, 4) is 0 Å². The maximum Gasteiger partial charge on any atom is 0.302 e. The number of hydrogen-bond donors (Lipinski definition) is 0. The Morgan fingerprint density at radius 3 is 3.00 bits per heavy atom. The van der Waals surface area contributed by atoms with E-state index in [1.807, 2.05) is 6.08 Å². The first-order valence-electron chi connectivity index (χ1n) is 4.58. The lowest BCUT2D eigenvalue weighted by atomic mass is 9.98. The molecule has 0 aromatic heterocycles. The van der Waals surface area contributed by atoms with Crippen LogP contribution in [-0.2, 0) is 14.3 Å². The number of esters is 1. The summed E-state index contributed by atoms with van der Waals surface area (Å²) in [6.45, 7) is 1.41. The molecule has 0 heterocycles. The molecule has 0 aromatic rings. The van der Waals surface area contributed by atoms with Gasteiger partial charge >= 0.3 is 5.97 Å². The Hall–Kier alpha value is -1.12. The van der Waals surface area contributed by atoms with E-state index < -0.39 is 0 Å². The summed E-state index contributed by atoms with van der Waals surface area (Å²) in [5.41, 5.74) is 0. The highest BCUT2D eigenvalue weighted by Crippen LogP contribution is 2.39. The van der Waals surface area contributed by atoms with E-state index >= 15 is 0 Å². The summed E-state index contributed by atoms with van der Waals surface area (Å²) in [6, 6.07) is 0. The van der Waals surface area contributed by atoms with Crippen LogP contribution in [0.4, 0.5) is 0 Å². The molecule has 0 aromatic carbocycles. The highest BCUT2D eigenvalue weighted by Gasteiger charge is 2.42. The second kappa shape index (κ2) is 2.98. The lowest BCUT2D eigenvalue weighted by Gasteiger charge is -2.16. The Balaban J connectivity index is 2.06. The fraction of sp³-hybridized carbons (Fsp3) is 0.600. The smallest absolute Gasteiger partial charge is 0.302 e. The zero-order valence-corrected chi connectivity index (χ0v) is 7.53. The lowest BCUT2D eigenvalue weighted by molar-refractivity contribution is -0.147. The molecular weight excluding hydrogens is 168 g/mol. The van der Waals surface area contributed by atoms with Crippen molar-refractivity contribution < 1.29 is 14.3 Å². The zero-order chi connectivity index (χ0) is 9.42. The molecule has 2 rings (SSSR count). The van der Waals surface area contributed by atoms with Crippen LogP contribution in [0.15, 0.2) is 12.2 Å². The average molecular weight is 180 g/mol. The molecule has 0 spiro atoms. The number of carbonyl (C=O) groups is 2. The summed E-state index contributed by atoms with van der Waals surface area (Å²) < 4.78 is 5.13. The molecule has 0 aliphatic heterocycles. The van der Waals surface area contributed by atoms with Crippen LogP contribution in [0.5, 0.6) is 0 Å². The molecule has 0 N–H and O–H groups in total. The molecule has 2 aliphatic rings. The molecule has 1 saturated carbocycles. The molecular formula is C10H12O3. The van der Waals surface area contributed by atoms with Gasteiger partial charge in [0.25, 0.3) is 0 Å². The number of ketones is 1. The van der Waals surface area contributed by atoms with Crippen molar-refractivity contribution in [3.63, 3.8) is 0 Å². The lowest BCUT2D eigenvalue weighted by Crippen LogP contribution is -2.22. The highest BCUT2D eigenvalue weighted by molar-refractivity contribution is 5.95. The van der Waals surface area contributed by atoms with Crippen molar-refractivity contribution in [2.45, 2.75) is 25.9 Å². The van der Waals surface area contributed by atoms with Crippen LogP contribution in [0.3, 0.4) is 0 Å². The largest absolute Gasteiger partial charge is 0.462 e.